The maximum atomic E-state index is 2.30. The van der Waals surface area contributed by atoms with Gasteiger partial charge in [0.25, 0.3) is 0 Å². The lowest BCUT2D eigenvalue weighted by molar-refractivity contribution is 0.756. The molecule has 0 aromatic heterocycles. The summed E-state index contributed by atoms with van der Waals surface area (Å²) in [6, 6.07) is 21.4. The Morgan fingerprint density at radius 3 is 1.81 bits per heavy atom. The molecule has 0 fully saturated rings. The average Bonchev–Trinajstić information content (AvgIpc) is 2.31. The summed E-state index contributed by atoms with van der Waals surface area (Å²) in [7, 11) is 1.08. The average molecular weight is 208 g/mol. The van der Waals surface area contributed by atoms with E-state index in [0.29, 0.717) is 0 Å². The summed E-state index contributed by atoms with van der Waals surface area (Å²) in [5, 5.41) is 0.197. The van der Waals surface area contributed by atoms with Crippen molar-refractivity contribution in [1.82, 2.24) is 0 Å². The molecule has 0 aliphatic heterocycles. The van der Waals surface area contributed by atoms with Crippen LogP contribution in [-0.2, 0) is 5.31 Å². The highest BCUT2D eigenvalue weighted by Crippen LogP contribution is 2.20. The van der Waals surface area contributed by atoms with Gasteiger partial charge in [-0.3, -0.25) is 0 Å². The van der Waals surface area contributed by atoms with Gasteiger partial charge in [0, 0.05) is 0 Å². The third-order valence-electron chi connectivity index (χ3n) is 3.04. The molecule has 0 bridgehead atoms. The standard InChI is InChI=1S/C15H17B/c1-15(2,13-9-5-3-6-10-13)16-14-11-7-4-8-12-14/h3-12,16H,1-2H3. The predicted octanol–water partition coefficient (Wildman–Crippen LogP) is 2.68. The first kappa shape index (κ1) is 11.0. The Labute approximate surface area is 98.6 Å². The molecule has 0 saturated heterocycles. The summed E-state index contributed by atoms with van der Waals surface area (Å²) in [5.74, 6) is 0. The molecule has 0 aliphatic carbocycles. The van der Waals surface area contributed by atoms with Gasteiger partial charge in [0.15, 0.2) is 7.28 Å². The van der Waals surface area contributed by atoms with Crippen molar-refractivity contribution in [1.29, 1.82) is 0 Å². The first-order chi connectivity index (χ1) is 7.68. The fourth-order valence-electron chi connectivity index (χ4n) is 2.10. The SMILES string of the molecule is CC(C)(Bc1ccccc1)c1ccccc1. The van der Waals surface area contributed by atoms with E-state index in [0.717, 1.165) is 7.28 Å². The molecule has 2 aromatic rings. The van der Waals surface area contributed by atoms with Gasteiger partial charge in [-0.1, -0.05) is 80.0 Å². The molecule has 0 radical (unpaired) electrons. The highest BCUT2D eigenvalue weighted by atomic mass is 14.1. The maximum Gasteiger partial charge on any atom is 0.168 e. The molecule has 0 heterocycles. The lowest BCUT2D eigenvalue weighted by Gasteiger charge is -2.24. The molecular formula is C15H17B. The zero-order valence-electron chi connectivity index (χ0n) is 9.98. The molecule has 2 rings (SSSR count). The number of hydrogen-bond donors (Lipinski definition) is 0. The predicted molar refractivity (Wildman–Crippen MR) is 72.7 cm³/mol. The van der Waals surface area contributed by atoms with Crippen molar-refractivity contribution in [2.24, 2.45) is 0 Å². The normalized spacial score (nSPS) is 11.1. The van der Waals surface area contributed by atoms with E-state index >= 15 is 0 Å². The fourth-order valence-corrected chi connectivity index (χ4v) is 2.10. The molecule has 0 unspecified atom stereocenters. The second kappa shape index (κ2) is 4.57. The minimum absolute atomic E-state index is 0.197. The summed E-state index contributed by atoms with van der Waals surface area (Å²) >= 11 is 0. The maximum absolute atomic E-state index is 2.30. The first-order valence-corrected chi connectivity index (χ1v) is 5.78. The van der Waals surface area contributed by atoms with E-state index in [9.17, 15) is 0 Å². The Kier molecular flexibility index (Phi) is 3.14. The lowest BCUT2D eigenvalue weighted by Crippen LogP contribution is -2.34. The second-order valence-corrected chi connectivity index (χ2v) is 4.91. The van der Waals surface area contributed by atoms with E-state index in [1.165, 1.54) is 11.0 Å². The Balaban J connectivity index is 2.21. The molecule has 0 spiro atoms. The molecule has 16 heavy (non-hydrogen) atoms. The van der Waals surface area contributed by atoms with Crippen LogP contribution in [0.2, 0.25) is 0 Å². The second-order valence-electron chi connectivity index (χ2n) is 4.91. The van der Waals surface area contributed by atoms with Crippen molar-refractivity contribution < 1.29 is 0 Å². The number of hydrogen-bond acceptors (Lipinski definition) is 0. The van der Waals surface area contributed by atoms with Crippen molar-refractivity contribution in [3.05, 3.63) is 66.2 Å². The van der Waals surface area contributed by atoms with Crippen LogP contribution in [0.4, 0.5) is 0 Å². The zero-order valence-corrected chi connectivity index (χ0v) is 9.98. The van der Waals surface area contributed by atoms with Crippen LogP contribution in [0, 0.1) is 0 Å². The van der Waals surface area contributed by atoms with Gasteiger partial charge in [-0.2, -0.15) is 0 Å². The fraction of sp³-hybridized carbons (Fsp3) is 0.200. The quantitative estimate of drug-likeness (QED) is 0.680. The minimum Gasteiger partial charge on any atom is -0.0835 e. The molecule has 0 N–H and O–H groups in total. The highest BCUT2D eigenvalue weighted by Gasteiger charge is 2.21. The van der Waals surface area contributed by atoms with E-state index in [1.54, 1.807) is 0 Å². The van der Waals surface area contributed by atoms with E-state index < -0.39 is 0 Å². The molecule has 0 amide bonds. The van der Waals surface area contributed by atoms with E-state index in [4.69, 9.17) is 0 Å². The van der Waals surface area contributed by atoms with Gasteiger partial charge in [-0.05, 0) is 10.9 Å². The molecular weight excluding hydrogens is 191 g/mol. The third kappa shape index (κ3) is 2.54. The number of rotatable bonds is 3. The summed E-state index contributed by atoms with van der Waals surface area (Å²) in [4.78, 5) is 0. The van der Waals surface area contributed by atoms with Gasteiger partial charge in [0.05, 0.1) is 0 Å². The van der Waals surface area contributed by atoms with E-state index in [-0.39, 0.29) is 5.31 Å². The van der Waals surface area contributed by atoms with Crippen molar-refractivity contribution in [3.63, 3.8) is 0 Å². The largest absolute Gasteiger partial charge is 0.168 e. The first-order valence-electron chi connectivity index (χ1n) is 5.78. The topological polar surface area (TPSA) is 0 Å². The highest BCUT2D eigenvalue weighted by molar-refractivity contribution is 6.56. The van der Waals surface area contributed by atoms with Gasteiger partial charge in [0.2, 0.25) is 0 Å². The van der Waals surface area contributed by atoms with Crippen LogP contribution in [0.25, 0.3) is 0 Å². The molecule has 80 valence electrons. The van der Waals surface area contributed by atoms with Crippen LogP contribution in [0.3, 0.4) is 0 Å². The smallest absolute Gasteiger partial charge is 0.0835 e. The molecule has 0 aliphatic rings. The van der Waals surface area contributed by atoms with Gasteiger partial charge in [0.1, 0.15) is 0 Å². The summed E-state index contributed by atoms with van der Waals surface area (Å²) in [6.45, 7) is 4.60. The van der Waals surface area contributed by atoms with Gasteiger partial charge in [-0.15, -0.1) is 0 Å². The van der Waals surface area contributed by atoms with Crippen LogP contribution < -0.4 is 5.46 Å². The third-order valence-corrected chi connectivity index (χ3v) is 3.04. The van der Waals surface area contributed by atoms with E-state index in [2.05, 4.69) is 74.5 Å². The van der Waals surface area contributed by atoms with Gasteiger partial charge >= 0.3 is 0 Å². The van der Waals surface area contributed by atoms with Crippen molar-refractivity contribution in [2.75, 3.05) is 0 Å². The molecule has 2 aromatic carbocycles. The van der Waals surface area contributed by atoms with Crippen molar-refractivity contribution >= 4 is 12.7 Å². The zero-order chi connectivity index (χ0) is 11.4. The summed E-state index contributed by atoms with van der Waals surface area (Å²) < 4.78 is 0. The molecule has 0 atom stereocenters. The van der Waals surface area contributed by atoms with Crippen LogP contribution in [0.15, 0.2) is 60.7 Å². The van der Waals surface area contributed by atoms with Crippen molar-refractivity contribution in [2.45, 2.75) is 19.2 Å². The Morgan fingerprint density at radius 2 is 1.25 bits per heavy atom. The van der Waals surface area contributed by atoms with Crippen LogP contribution >= 0.6 is 0 Å². The molecule has 1 heteroatoms. The summed E-state index contributed by atoms with van der Waals surface area (Å²) in [5.41, 5.74) is 2.80. The molecule has 0 nitrogen and oxygen atoms in total. The van der Waals surface area contributed by atoms with Crippen LogP contribution in [0.5, 0.6) is 0 Å². The minimum atomic E-state index is 0.197. The summed E-state index contributed by atoms with van der Waals surface area (Å²) in [6.07, 6.45) is 0. The van der Waals surface area contributed by atoms with Gasteiger partial charge < -0.3 is 0 Å². The van der Waals surface area contributed by atoms with Crippen molar-refractivity contribution in [3.8, 4) is 0 Å². The molecule has 0 saturated carbocycles. The van der Waals surface area contributed by atoms with E-state index in [1.807, 2.05) is 0 Å². The van der Waals surface area contributed by atoms with Gasteiger partial charge in [-0.25, -0.2) is 0 Å². The Morgan fingerprint density at radius 1 is 0.750 bits per heavy atom. The monoisotopic (exact) mass is 208 g/mol. The van der Waals surface area contributed by atoms with Crippen LogP contribution in [0.1, 0.15) is 19.4 Å². The van der Waals surface area contributed by atoms with Crippen LogP contribution in [-0.4, -0.2) is 7.28 Å². The lowest BCUT2D eigenvalue weighted by atomic mass is 9.48. The Bertz CT molecular complexity index is 432. The number of benzene rings is 2. The Hall–Kier alpha value is -1.50.